The highest BCUT2D eigenvalue weighted by atomic mass is 32.2. The minimum atomic E-state index is -3.79. The molecular formula is C30H26N4O3S. The van der Waals surface area contributed by atoms with Gasteiger partial charge < -0.3 is 5.32 Å². The summed E-state index contributed by atoms with van der Waals surface area (Å²) in [6.07, 6.45) is 0. The number of sulfonamides is 1. The average Bonchev–Trinajstić information content (AvgIpc) is 3.28. The largest absolute Gasteiger partial charge is 0.322 e. The van der Waals surface area contributed by atoms with E-state index in [9.17, 15) is 13.2 Å². The third-order valence-corrected chi connectivity index (χ3v) is 7.58. The molecule has 0 unspecified atom stereocenters. The predicted molar refractivity (Wildman–Crippen MR) is 150 cm³/mol. The first-order chi connectivity index (χ1) is 18.3. The Hall–Kier alpha value is -4.69. The van der Waals surface area contributed by atoms with Crippen LogP contribution in [0.4, 0.5) is 11.4 Å². The number of rotatable bonds is 7. The fourth-order valence-electron chi connectivity index (χ4n) is 4.19. The van der Waals surface area contributed by atoms with Gasteiger partial charge in [-0.05, 0) is 61.9 Å². The third kappa shape index (κ3) is 5.07. The van der Waals surface area contributed by atoms with Crippen molar-refractivity contribution in [1.82, 2.24) is 9.78 Å². The maximum atomic E-state index is 13.5. The van der Waals surface area contributed by atoms with E-state index in [-0.39, 0.29) is 10.8 Å². The number of nitrogens with one attached hydrogen (secondary N) is 2. The number of amides is 1. The van der Waals surface area contributed by atoms with Gasteiger partial charge >= 0.3 is 0 Å². The lowest BCUT2D eigenvalue weighted by Crippen LogP contribution is -2.15. The number of aromatic nitrogens is 2. The van der Waals surface area contributed by atoms with Crippen LogP contribution in [-0.2, 0) is 10.0 Å². The summed E-state index contributed by atoms with van der Waals surface area (Å²) in [5, 5.41) is 7.68. The molecule has 0 atom stereocenters. The lowest BCUT2D eigenvalue weighted by atomic mass is 10.1. The van der Waals surface area contributed by atoms with Crippen LogP contribution >= 0.6 is 0 Å². The highest BCUT2D eigenvalue weighted by molar-refractivity contribution is 7.92. The Morgan fingerprint density at radius 3 is 2.03 bits per heavy atom. The lowest BCUT2D eigenvalue weighted by Gasteiger charge is -2.11. The molecule has 1 amide bonds. The summed E-state index contributed by atoms with van der Waals surface area (Å²) in [6, 6.07) is 32.4. The normalized spacial score (nSPS) is 11.2. The first-order valence-corrected chi connectivity index (χ1v) is 13.5. The molecule has 4 aromatic carbocycles. The predicted octanol–water partition coefficient (Wildman–Crippen LogP) is 6.21. The van der Waals surface area contributed by atoms with Crippen LogP contribution in [0.25, 0.3) is 16.9 Å². The molecule has 0 aliphatic heterocycles. The first-order valence-electron chi connectivity index (χ1n) is 12.0. The molecule has 190 valence electrons. The zero-order valence-corrected chi connectivity index (χ0v) is 21.7. The Morgan fingerprint density at radius 2 is 1.37 bits per heavy atom. The van der Waals surface area contributed by atoms with Crippen molar-refractivity contribution in [2.45, 2.75) is 18.7 Å². The van der Waals surface area contributed by atoms with E-state index < -0.39 is 10.0 Å². The summed E-state index contributed by atoms with van der Waals surface area (Å²) < 4.78 is 30.1. The minimum Gasteiger partial charge on any atom is -0.322 e. The second-order valence-electron chi connectivity index (χ2n) is 8.82. The molecule has 0 radical (unpaired) electrons. The van der Waals surface area contributed by atoms with Crippen LogP contribution in [-0.4, -0.2) is 24.1 Å². The molecule has 1 aromatic heterocycles. The average molecular weight is 523 g/mol. The second kappa shape index (κ2) is 10.4. The van der Waals surface area contributed by atoms with Crippen molar-refractivity contribution >= 4 is 27.3 Å². The number of benzene rings is 4. The zero-order chi connectivity index (χ0) is 26.7. The van der Waals surface area contributed by atoms with Crippen molar-refractivity contribution in [2.24, 2.45) is 0 Å². The molecular weight excluding hydrogens is 496 g/mol. The van der Waals surface area contributed by atoms with Crippen molar-refractivity contribution in [3.05, 3.63) is 126 Å². The van der Waals surface area contributed by atoms with Crippen LogP contribution in [0.15, 0.2) is 114 Å². The molecule has 0 aliphatic rings. The quantitative estimate of drug-likeness (QED) is 0.266. The fraction of sp³-hybridized carbons (Fsp3) is 0.0667. The van der Waals surface area contributed by atoms with Crippen molar-refractivity contribution in [3.8, 4) is 16.9 Å². The molecule has 8 heteroatoms. The fourth-order valence-corrected chi connectivity index (χ4v) is 5.33. The number of nitrogens with zero attached hydrogens (tertiary/aromatic N) is 2. The summed E-state index contributed by atoms with van der Waals surface area (Å²) in [5.74, 6) is -0.336. The van der Waals surface area contributed by atoms with Crippen LogP contribution in [0.3, 0.4) is 0 Å². The molecule has 0 saturated carbocycles. The van der Waals surface area contributed by atoms with Crippen molar-refractivity contribution in [2.75, 3.05) is 10.0 Å². The van der Waals surface area contributed by atoms with Gasteiger partial charge in [-0.2, -0.15) is 5.10 Å². The molecule has 7 nitrogen and oxygen atoms in total. The van der Waals surface area contributed by atoms with Crippen molar-refractivity contribution < 1.29 is 13.2 Å². The Labute approximate surface area is 221 Å². The van der Waals surface area contributed by atoms with Crippen molar-refractivity contribution in [3.63, 3.8) is 0 Å². The standard InChI is InChI=1S/C30H26N4O3S/c1-21-11-9-10-16-27(21)33-38(36,37)26-19-17-24(18-20-26)31-30(35)28-22(2)34(25-14-7-4-8-15-25)32-29(28)23-12-5-3-6-13-23/h3-20,33H,1-2H3,(H,31,35). The number of carbonyl (C=O) groups excluding carboxylic acids is 1. The number of aryl methyl sites for hydroxylation is 1. The van der Waals surface area contributed by atoms with Gasteiger partial charge in [-0.1, -0.05) is 66.7 Å². The van der Waals surface area contributed by atoms with E-state index in [1.54, 1.807) is 28.9 Å². The van der Waals surface area contributed by atoms with Gasteiger partial charge in [-0.3, -0.25) is 9.52 Å². The van der Waals surface area contributed by atoms with E-state index in [2.05, 4.69) is 10.0 Å². The molecule has 0 saturated heterocycles. The van der Waals surface area contributed by atoms with Crippen LogP contribution in [0, 0.1) is 13.8 Å². The molecule has 38 heavy (non-hydrogen) atoms. The van der Waals surface area contributed by atoms with Gasteiger partial charge in [0.2, 0.25) is 0 Å². The third-order valence-electron chi connectivity index (χ3n) is 6.20. The first kappa shape index (κ1) is 25.0. The molecule has 5 aromatic rings. The van der Waals surface area contributed by atoms with Gasteiger partial charge in [0, 0.05) is 11.3 Å². The highest BCUT2D eigenvalue weighted by Crippen LogP contribution is 2.28. The van der Waals surface area contributed by atoms with Crippen molar-refractivity contribution in [1.29, 1.82) is 0 Å². The monoisotopic (exact) mass is 522 g/mol. The van der Waals surface area contributed by atoms with E-state index in [4.69, 9.17) is 5.10 Å². The van der Waals surface area contributed by atoms with Crippen LogP contribution in [0.5, 0.6) is 0 Å². The molecule has 0 aliphatic carbocycles. The number of para-hydroxylation sites is 2. The highest BCUT2D eigenvalue weighted by Gasteiger charge is 2.23. The van der Waals surface area contributed by atoms with E-state index in [0.29, 0.717) is 28.3 Å². The SMILES string of the molecule is Cc1ccccc1NS(=O)(=O)c1ccc(NC(=O)c2c(-c3ccccc3)nn(-c3ccccc3)c2C)cc1. The smallest absolute Gasteiger partial charge is 0.261 e. The summed E-state index contributed by atoms with van der Waals surface area (Å²) >= 11 is 0. The Balaban J connectivity index is 1.43. The van der Waals surface area contributed by atoms with Crippen LogP contribution < -0.4 is 10.0 Å². The summed E-state index contributed by atoms with van der Waals surface area (Å²) in [7, 11) is -3.79. The van der Waals surface area contributed by atoms with Gasteiger partial charge in [0.15, 0.2) is 0 Å². The minimum absolute atomic E-state index is 0.0943. The summed E-state index contributed by atoms with van der Waals surface area (Å²) in [5.41, 5.74) is 5.16. The van der Waals surface area contributed by atoms with Crippen LogP contribution in [0.2, 0.25) is 0 Å². The Morgan fingerprint density at radius 1 is 0.763 bits per heavy atom. The molecule has 2 N–H and O–H groups in total. The lowest BCUT2D eigenvalue weighted by molar-refractivity contribution is 0.102. The van der Waals surface area contributed by atoms with Gasteiger partial charge in [0.05, 0.1) is 27.5 Å². The molecule has 0 spiro atoms. The molecule has 5 rings (SSSR count). The number of hydrogen-bond acceptors (Lipinski definition) is 4. The van der Waals surface area contributed by atoms with Gasteiger partial charge in [-0.25, -0.2) is 13.1 Å². The number of anilines is 2. The summed E-state index contributed by atoms with van der Waals surface area (Å²) in [6.45, 7) is 3.69. The maximum Gasteiger partial charge on any atom is 0.261 e. The zero-order valence-electron chi connectivity index (χ0n) is 20.9. The Bertz CT molecular complexity index is 1700. The van der Waals surface area contributed by atoms with E-state index >= 15 is 0 Å². The molecule has 0 fully saturated rings. The maximum absolute atomic E-state index is 13.5. The molecule has 1 heterocycles. The summed E-state index contributed by atoms with van der Waals surface area (Å²) in [4.78, 5) is 13.6. The van der Waals surface area contributed by atoms with Crippen LogP contribution in [0.1, 0.15) is 21.6 Å². The van der Waals surface area contributed by atoms with Gasteiger partial charge in [-0.15, -0.1) is 0 Å². The number of carbonyl (C=O) groups is 1. The van der Waals surface area contributed by atoms with E-state index in [1.165, 1.54) is 12.1 Å². The van der Waals surface area contributed by atoms with E-state index in [1.807, 2.05) is 86.6 Å². The Kier molecular flexibility index (Phi) is 6.81. The van der Waals surface area contributed by atoms with E-state index in [0.717, 1.165) is 16.8 Å². The second-order valence-corrected chi connectivity index (χ2v) is 10.5. The number of hydrogen-bond donors (Lipinski definition) is 2. The van der Waals surface area contributed by atoms with Gasteiger partial charge in [0.1, 0.15) is 5.69 Å². The van der Waals surface area contributed by atoms with Gasteiger partial charge in [0.25, 0.3) is 15.9 Å². The molecule has 0 bridgehead atoms. The topological polar surface area (TPSA) is 93.1 Å².